The lowest BCUT2D eigenvalue weighted by molar-refractivity contribution is 0.180. The first-order chi connectivity index (χ1) is 7.61. The van der Waals surface area contributed by atoms with E-state index in [1.165, 1.54) is 32.2 Å². The second-order valence-electron chi connectivity index (χ2n) is 5.57. The standard InChI is InChI=1S/C13H28N2O/c1-11(2)14-13(10-16)9-15(3)8-12-6-4-5-7-12/h11-14,16H,4-10H2,1-3H3. The van der Waals surface area contributed by atoms with Gasteiger partial charge in [-0.05, 0) is 25.8 Å². The Kier molecular flexibility index (Phi) is 6.32. The van der Waals surface area contributed by atoms with Gasteiger partial charge in [-0.25, -0.2) is 0 Å². The lowest BCUT2D eigenvalue weighted by Gasteiger charge is -2.27. The zero-order valence-corrected chi connectivity index (χ0v) is 11.1. The number of nitrogens with zero attached hydrogens (tertiary/aromatic N) is 1. The highest BCUT2D eigenvalue weighted by atomic mass is 16.3. The molecule has 2 N–H and O–H groups in total. The van der Waals surface area contributed by atoms with E-state index < -0.39 is 0 Å². The molecule has 0 heterocycles. The van der Waals surface area contributed by atoms with Gasteiger partial charge >= 0.3 is 0 Å². The van der Waals surface area contributed by atoms with Crippen LogP contribution in [0.5, 0.6) is 0 Å². The maximum Gasteiger partial charge on any atom is 0.0597 e. The first-order valence-electron chi connectivity index (χ1n) is 6.67. The molecule has 1 unspecified atom stereocenters. The van der Waals surface area contributed by atoms with E-state index in [0.29, 0.717) is 6.04 Å². The summed E-state index contributed by atoms with van der Waals surface area (Å²) in [5.41, 5.74) is 0. The van der Waals surface area contributed by atoms with Crippen LogP contribution in [0.15, 0.2) is 0 Å². The molecule has 0 aromatic rings. The topological polar surface area (TPSA) is 35.5 Å². The van der Waals surface area contributed by atoms with Crippen molar-refractivity contribution >= 4 is 0 Å². The third-order valence-electron chi connectivity index (χ3n) is 3.37. The summed E-state index contributed by atoms with van der Waals surface area (Å²) >= 11 is 0. The van der Waals surface area contributed by atoms with Crippen LogP contribution < -0.4 is 5.32 Å². The predicted molar refractivity (Wildman–Crippen MR) is 68.6 cm³/mol. The van der Waals surface area contributed by atoms with E-state index in [0.717, 1.165) is 12.5 Å². The van der Waals surface area contributed by atoms with Gasteiger partial charge in [-0.2, -0.15) is 0 Å². The highest BCUT2D eigenvalue weighted by molar-refractivity contribution is 4.75. The highest BCUT2D eigenvalue weighted by Gasteiger charge is 2.18. The number of aliphatic hydroxyl groups is 1. The number of rotatable bonds is 7. The summed E-state index contributed by atoms with van der Waals surface area (Å²) in [6, 6.07) is 0.656. The van der Waals surface area contributed by atoms with E-state index in [1.54, 1.807) is 0 Å². The second kappa shape index (κ2) is 7.25. The van der Waals surface area contributed by atoms with Crippen molar-refractivity contribution in [3.05, 3.63) is 0 Å². The molecule has 3 heteroatoms. The van der Waals surface area contributed by atoms with Crippen molar-refractivity contribution in [2.45, 2.75) is 51.6 Å². The molecule has 0 bridgehead atoms. The van der Waals surface area contributed by atoms with E-state index in [1.807, 2.05) is 0 Å². The van der Waals surface area contributed by atoms with Crippen LogP contribution in [0.4, 0.5) is 0 Å². The number of hydrogen-bond donors (Lipinski definition) is 2. The van der Waals surface area contributed by atoms with Crippen molar-refractivity contribution in [2.24, 2.45) is 5.92 Å². The van der Waals surface area contributed by atoms with Crippen LogP contribution >= 0.6 is 0 Å². The van der Waals surface area contributed by atoms with Crippen LogP contribution in [0, 0.1) is 5.92 Å². The molecule has 0 aromatic carbocycles. The Hall–Kier alpha value is -0.120. The van der Waals surface area contributed by atoms with Crippen molar-refractivity contribution in [1.29, 1.82) is 0 Å². The molecular weight excluding hydrogens is 200 g/mol. The molecule has 0 saturated heterocycles. The molecule has 1 aliphatic rings. The summed E-state index contributed by atoms with van der Waals surface area (Å²) in [6.45, 7) is 6.62. The van der Waals surface area contributed by atoms with Crippen LogP contribution in [0.2, 0.25) is 0 Å². The monoisotopic (exact) mass is 228 g/mol. The first kappa shape index (κ1) is 13.9. The van der Waals surface area contributed by atoms with Crippen LogP contribution in [0.25, 0.3) is 0 Å². The van der Waals surface area contributed by atoms with Crippen LogP contribution in [-0.4, -0.2) is 48.8 Å². The molecule has 16 heavy (non-hydrogen) atoms. The lowest BCUT2D eigenvalue weighted by atomic mass is 10.1. The van der Waals surface area contributed by atoms with Crippen LogP contribution in [0.3, 0.4) is 0 Å². The minimum Gasteiger partial charge on any atom is -0.395 e. The average molecular weight is 228 g/mol. The van der Waals surface area contributed by atoms with Crippen molar-refractivity contribution in [3.63, 3.8) is 0 Å². The van der Waals surface area contributed by atoms with E-state index >= 15 is 0 Å². The third-order valence-corrected chi connectivity index (χ3v) is 3.37. The zero-order chi connectivity index (χ0) is 12.0. The fourth-order valence-electron chi connectivity index (χ4n) is 2.72. The van der Waals surface area contributed by atoms with E-state index in [9.17, 15) is 5.11 Å². The van der Waals surface area contributed by atoms with Gasteiger partial charge in [0.25, 0.3) is 0 Å². The number of nitrogens with one attached hydrogen (secondary N) is 1. The molecule has 0 amide bonds. The van der Waals surface area contributed by atoms with Crippen molar-refractivity contribution in [1.82, 2.24) is 10.2 Å². The summed E-state index contributed by atoms with van der Waals surface area (Å²) in [4.78, 5) is 2.37. The van der Waals surface area contributed by atoms with Gasteiger partial charge in [0, 0.05) is 25.2 Å². The quantitative estimate of drug-likeness (QED) is 0.692. The smallest absolute Gasteiger partial charge is 0.0597 e. The second-order valence-corrected chi connectivity index (χ2v) is 5.57. The van der Waals surface area contributed by atoms with Crippen molar-refractivity contribution in [3.8, 4) is 0 Å². The van der Waals surface area contributed by atoms with Crippen LogP contribution in [-0.2, 0) is 0 Å². The number of likely N-dealkylation sites (N-methyl/N-ethyl adjacent to an activating group) is 1. The molecule has 96 valence electrons. The minimum atomic E-state index is 0.214. The zero-order valence-electron chi connectivity index (χ0n) is 11.1. The number of aliphatic hydroxyl groups excluding tert-OH is 1. The molecule has 0 aromatic heterocycles. The Bertz CT molecular complexity index is 179. The molecule has 0 spiro atoms. The average Bonchev–Trinajstić information content (AvgIpc) is 2.68. The largest absolute Gasteiger partial charge is 0.395 e. The molecule has 1 aliphatic carbocycles. The Labute approximate surface area is 100 Å². The summed E-state index contributed by atoms with van der Waals surface area (Å²) in [6.07, 6.45) is 5.61. The van der Waals surface area contributed by atoms with Gasteiger partial charge in [-0.1, -0.05) is 26.7 Å². The van der Waals surface area contributed by atoms with Gasteiger partial charge < -0.3 is 15.3 Å². The molecular formula is C13H28N2O. The van der Waals surface area contributed by atoms with E-state index in [4.69, 9.17) is 0 Å². The fraction of sp³-hybridized carbons (Fsp3) is 1.00. The van der Waals surface area contributed by atoms with Gasteiger partial charge in [0.05, 0.1) is 6.61 Å². The maximum absolute atomic E-state index is 9.30. The van der Waals surface area contributed by atoms with Gasteiger partial charge in [-0.15, -0.1) is 0 Å². The van der Waals surface area contributed by atoms with Gasteiger partial charge in [0.1, 0.15) is 0 Å². The Morgan fingerprint density at radius 1 is 1.31 bits per heavy atom. The lowest BCUT2D eigenvalue weighted by Crippen LogP contribution is -2.45. The Morgan fingerprint density at radius 3 is 2.44 bits per heavy atom. The number of hydrogen-bond acceptors (Lipinski definition) is 3. The normalized spacial score (nSPS) is 19.9. The molecule has 1 saturated carbocycles. The SMILES string of the molecule is CC(C)NC(CO)CN(C)CC1CCCC1. The van der Waals surface area contributed by atoms with Crippen LogP contribution in [0.1, 0.15) is 39.5 Å². The molecule has 0 aliphatic heterocycles. The van der Waals surface area contributed by atoms with Gasteiger partial charge in [0.2, 0.25) is 0 Å². The molecule has 0 radical (unpaired) electrons. The summed E-state index contributed by atoms with van der Waals surface area (Å²) < 4.78 is 0. The van der Waals surface area contributed by atoms with Gasteiger partial charge in [0.15, 0.2) is 0 Å². The van der Waals surface area contributed by atoms with Crippen molar-refractivity contribution < 1.29 is 5.11 Å². The van der Waals surface area contributed by atoms with Gasteiger partial charge in [-0.3, -0.25) is 0 Å². The summed E-state index contributed by atoms with van der Waals surface area (Å²) in [5.74, 6) is 0.892. The fourth-order valence-corrected chi connectivity index (χ4v) is 2.72. The minimum absolute atomic E-state index is 0.214. The summed E-state index contributed by atoms with van der Waals surface area (Å²) in [7, 11) is 2.17. The van der Waals surface area contributed by atoms with E-state index in [-0.39, 0.29) is 12.6 Å². The predicted octanol–water partition coefficient (Wildman–Crippen LogP) is 1.47. The maximum atomic E-state index is 9.30. The van der Waals surface area contributed by atoms with Crippen molar-refractivity contribution in [2.75, 3.05) is 26.7 Å². The molecule has 1 fully saturated rings. The first-order valence-corrected chi connectivity index (χ1v) is 6.67. The van der Waals surface area contributed by atoms with E-state index in [2.05, 4.69) is 31.1 Å². The summed E-state index contributed by atoms with van der Waals surface area (Å²) in [5, 5.41) is 12.7. The molecule has 3 nitrogen and oxygen atoms in total. The third kappa shape index (κ3) is 5.28. The Morgan fingerprint density at radius 2 is 1.94 bits per heavy atom. The Balaban J connectivity index is 2.21. The highest BCUT2D eigenvalue weighted by Crippen LogP contribution is 2.25. The molecule has 1 rings (SSSR count). The molecule has 1 atom stereocenters.